The minimum atomic E-state index is -3.70. The Hall–Kier alpha value is -2.52. The van der Waals surface area contributed by atoms with Gasteiger partial charge in [-0.1, -0.05) is 13.0 Å². The molecule has 0 aliphatic carbocycles. The maximum atomic E-state index is 11.9. The van der Waals surface area contributed by atoms with Crippen molar-refractivity contribution in [3.8, 4) is 0 Å². The van der Waals surface area contributed by atoms with Gasteiger partial charge in [0.05, 0.1) is 10.6 Å². The van der Waals surface area contributed by atoms with E-state index >= 15 is 0 Å². The van der Waals surface area contributed by atoms with Crippen LogP contribution in [0.2, 0.25) is 0 Å². The highest BCUT2D eigenvalue weighted by atomic mass is 32.2. The number of pyridine rings is 1. The van der Waals surface area contributed by atoms with E-state index in [9.17, 15) is 18.5 Å². The third-order valence-corrected chi connectivity index (χ3v) is 6.14. The van der Waals surface area contributed by atoms with Crippen molar-refractivity contribution in [1.82, 2.24) is 9.88 Å². The molecule has 0 saturated carbocycles. The molecule has 1 aliphatic heterocycles. The van der Waals surface area contributed by atoms with Gasteiger partial charge < -0.3 is 5.32 Å². The first-order chi connectivity index (χ1) is 13.2. The molecular weight excluding hydrogens is 380 g/mol. The second-order valence-electron chi connectivity index (χ2n) is 7.28. The number of piperidine rings is 1. The summed E-state index contributed by atoms with van der Waals surface area (Å²) in [5.41, 5.74) is 1.22. The van der Waals surface area contributed by atoms with Gasteiger partial charge in [0.25, 0.3) is 5.69 Å². The smallest absolute Gasteiger partial charge is 0.288 e. The van der Waals surface area contributed by atoms with Gasteiger partial charge >= 0.3 is 0 Å². The van der Waals surface area contributed by atoms with Crippen molar-refractivity contribution in [3.63, 3.8) is 0 Å². The molecule has 1 fully saturated rings. The molecule has 3 rings (SSSR count). The van der Waals surface area contributed by atoms with Crippen LogP contribution in [0.15, 0.2) is 47.5 Å². The SMILES string of the molecule is CC1CN(Cc2ccccn2)CCC1Nc1ccc([N+](=O)[O-])c(S(C)(=O)=O)c1. The second-order valence-corrected chi connectivity index (χ2v) is 9.27. The Morgan fingerprint density at radius 2 is 2.11 bits per heavy atom. The van der Waals surface area contributed by atoms with Crippen LogP contribution in [0.3, 0.4) is 0 Å². The number of hydrogen-bond donors (Lipinski definition) is 1. The average molecular weight is 404 g/mol. The van der Waals surface area contributed by atoms with Gasteiger partial charge in [-0.25, -0.2) is 8.42 Å². The molecule has 150 valence electrons. The molecule has 2 atom stereocenters. The van der Waals surface area contributed by atoms with Crippen LogP contribution in [0, 0.1) is 16.0 Å². The van der Waals surface area contributed by atoms with E-state index in [0.29, 0.717) is 11.6 Å². The van der Waals surface area contributed by atoms with E-state index in [1.54, 1.807) is 12.3 Å². The van der Waals surface area contributed by atoms with Gasteiger partial charge in [0.2, 0.25) is 0 Å². The standard InChI is InChI=1S/C19H24N4O4S/c1-14-12-22(13-16-5-3-4-9-20-16)10-8-17(14)21-15-6-7-18(23(24)25)19(11-15)28(2,26)27/h3-7,9,11,14,17,21H,8,10,12-13H2,1-2H3. The zero-order valence-electron chi connectivity index (χ0n) is 15.9. The summed E-state index contributed by atoms with van der Waals surface area (Å²) in [5, 5.41) is 14.5. The first-order valence-corrected chi connectivity index (χ1v) is 11.0. The summed E-state index contributed by atoms with van der Waals surface area (Å²) >= 11 is 0. The highest BCUT2D eigenvalue weighted by Crippen LogP contribution is 2.29. The lowest BCUT2D eigenvalue weighted by molar-refractivity contribution is -0.387. The molecule has 1 aromatic carbocycles. The number of nitrogens with zero attached hydrogens (tertiary/aromatic N) is 3. The van der Waals surface area contributed by atoms with Gasteiger partial charge in [-0.15, -0.1) is 0 Å². The summed E-state index contributed by atoms with van der Waals surface area (Å²) in [6, 6.07) is 10.2. The minimum absolute atomic E-state index is 0.161. The van der Waals surface area contributed by atoms with Crippen molar-refractivity contribution in [2.75, 3.05) is 24.7 Å². The quantitative estimate of drug-likeness (QED) is 0.583. The number of nitrogens with one attached hydrogen (secondary N) is 1. The Kier molecular flexibility index (Phi) is 5.95. The summed E-state index contributed by atoms with van der Waals surface area (Å²) in [5.74, 6) is 0.328. The predicted octanol–water partition coefficient (Wildman–Crippen LogP) is 2.72. The highest BCUT2D eigenvalue weighted by molar-refractivity contribution is 7.90. The van der Waals surface area contributed by atoms with E-state index < -0.39 is 20.4 Å². The van der Waals surface area contributed by atoms with Crippen molar-refractivity contribution in [3.05, 3.63) is 58.4 Å². The van der Waals surface area contributed by atoms with E-state index in [0.717, 1.165) is 38.0 Å². The first kappa shape index (κ1) is 20.2. The lowest BCUT2D eigenvalue weighted by Crippen LogP contribution is -2.44. The number of hydrogen-bond acceptors (Lipinski definition) is 7. The lowest BCUT2D eigenvalue weighted by atomic mass is 9.93. The van der Waals surface area contributed by atoms with Gasteiger partial charge in [0.1, 0.15) is 4.90 Å². The van der Waals surface area contributed by atoms with Crippen LogP contribution in [0.1, 0.15) is 19.0 Å². The van der Waals surface area contributed by atoms with Crippen molar-refractivity contribution in [2.24, 2.45) is 5.92 Å². The Balaban J connectivity index is 1.69. The van der Waals surface area contributed by atoms with Crippen LogP contribution in [-0.2, 0) is 16.4 Å². The molecule has 28 heavy (non-hydrogen) atoms. The molecule has 2 unspecified atom stereocenters. The Labute approximate surface area is 164 Å². The lowest BCUT2D eigenvalue weighted by Gasteiger charge is -2.37. The maximum absolute atomic E-state index is 11.9. The van der Waals surface area contributed by atoms with Gasteiger partial charge in [-0.2, -0.15) is 0 Å². The first-order valence-electron chi connectivity index (χ1n) is 9.11. The fourth-order valence-electron chi connectivity index (χ4n) is 3.58. The fourth-order valence-corrected chi connectivity index (χ4v) is 4.44. The summed E-state index contributed by atoms with van der Waals surface area (Å²) < 4.78 is 23.9. The van der Waals surface area contributed by atoms with Crippen LogP contribution in [0.5, 0.6) is 0 Å². The second kappa shape index (κ2) is 8.24. The topological polar surface area (TPSA) is 105 Å². The molecule has 8 nitrogen and oxygen atoms in total. The fraction of sp³-hybridized carbons (Fsp3) is 0.421. The van der Waals surface area contributed by atoms with Gasteiger partial charge in [-0.05, 0) is 36.6 Å². The van der Waals surface area contributed by atoms with E-state index in [2.05, 4.69) is 22.1 Å². The zero-order valence-corrected chi connectivity index (χ0v) is 16.7. The van der Waals surface area contributed by atoms with Crippen LogP contribution in [0.4, 0.5) is 11.4 Å². The molecule has 9 heteroatoms. The van der Waals surface area contributed by atoms with Crippen LogP contribution in [0.25, 0.3) is 0 Å². The molecular formula is C19H24N4O4S. The van der Waals surface area contributed by atoms with E-state index in [-0.39, 0.29) is 10.9 Å². The van der Waals surface area contributed by atoms with Crippen LogP contribution < -0.4 is 5.32 Å². The Morgan fingerprint density at radius 1 is 1.32 bits per heavy atom. The number of anilines is 1. The van der Waals surface area contributed by atoms with Crippen molar-refractivity contribution in [1.29, 1.82) is 0 Å². The summed E-state index contributed by atoms with van der Waals surface area (Å²) in [6.07, 6.45) is 3.66. The Bertz CT molecular complexity index is 950. The predicted molar refractivity (Wildman–Crippen MR) is 107 cm³/mol. The number of aromatic nitrogens is 1. The number of nitro groups is 1. The van der Waals surface area contributed by atoms with E-state index in [1.807, 2.05) is 18.2 Å². The van der Waals surface area contributed by atoms with Crippen molar-refractivity contribution < 1.29 is 13.3 Å². The van der Waals surface area contributed by atoms with Crippen molar-refractivity contribution >= 4 is 21.2 Å². The van der Waals surface area contributed by atoms with Crippen LogP contribution >= 0.6 is 0 Å². The number of sulfone groups is 1. The molecule has 0 amide bonds. The number of likely N-dealkylation sites (tertiary alicyclic amines) is 1. The molecule has 1 aliphatic rings. The van der Waals surface area contributed by atoms with Crippen molar-refractivity contribution in [2.45, 2.75) is 30.8 Å². The number of benzene rings is 1. The maximum Gasteiger partial charge on any atom is 0.288 e. The normalized spacial score (nSPS) is 20.6. The molecule has 0 bridgehead atoms. The average Bonchev–Trinajstić information content (AvgIpc) is 2.64. The largest absolute Gasteiger partial charge is 0.382 e. The number of nitro benzene ring substituents is 1. The summed E-state index contributed by atoms with van der Waals surface area (Å²) in [4.78, 5) is 16.9. The molecule has 2 heterocycles. The van der Waals surface area contributed by atoms with Gasteiger partial charge in [0.15, 0.2) is 9.84 Å². The molecule has 2 aromatic rings. The summed E-state index contributed by atoms with van der Waals surface area (Å²) in [7, 11) is -3.70. The Morgan fingerprint density at radius 3 is 2.71 bits per heavy atom. The van der Waals surface area contributed by atoms with Crippen LogP contribution in [-0.4, -0.2) is 48.6 Å². The molecule has 0 radical (unpaired) electrons. The third-order valence-electron chi connectivity index (χ3n) is 5.01. The minimum Gasteiger partial charge on any atom is -0.382 e. The molecule has 0 spiro atoms. The zero-order chi connectivity index (χ0) is 20.3. The third kappa shape index (κ3) is 4.85. The van der Waals surface area contributed by atoms with Gasteiger partial charge in [0, 0.05) is 49.9 Å². The highest BCUT2D eigenvalue weighted by Gasteiger charge is 2.28. The van der Waals surface area contributed by atoms with E-state index in [1.165, 1.54) is 12.1 Å². The molecule has 1 aromatic heterocycles. The summed E-state index contributed by atoms with van der Waals surface area (Å²) in [6.45, 7) is 4.73. The van der Waals surface area contributed by atoms with E-state index in [4.69, 9.17) is 0 Å². The molecule has 1 N–H and O–H groups in total. The van der Waals surface area contributed by atoms with Gasteiger partial charge in [-0.3, -0.25) is 20.0 Å². The molecule has 1 saturated heterocycles. The number of rotatable bonds is 6. The monoisotopic (exact) mass is 404 g/mol.